The Balaban J connectivity index is 1.69. The van der Waals surface area contributed by atoms with Gasteiger partial charge in [-0.3, -0.25) is 4.79 Å². The zero-order valence-corrected chi connectivity index (χ0v) is 12.9. The predicted molar refractivity (Wildman–Crippen MR) is 79.5 cm³/mol. The van der Waals surface area contributed by atoms with E-state index in [1.807, 2.05) is 0 Å². The maximum Gasteiger partial charge on any atom is 0.257 e. The Hall–Kier alpha value is -1.67. The zero-order valence-electron chi connectivity index (χ0n) is 12.1. The first-order valence-corrected chi connectivity index (χ1v) is 8.71. The lowest BCUT2D eigenvalue weighted by Gasteiger charge is -2.26. The number of carbonyl (C=O) groups is 1. The summed E-state index contributed by atoms with van der Waals surface area (Å²) >= 11 is 0. The molecule has 0 aromatic heterocycles. The molecule has 0 saturated carbocycles. The fourth-order valence-electron chi connectivity index (χ4n) is 2.17. The van der Waals surface area contributed by atoms with Crippen LogP contribution < -0.4 is 10.1 Å². The molecule has 8 heteroatoms. The lowest BCUT2D eigenvalue weighted by atomic mass is 10.3. The number of hydrogen-bond acceptors (Lipinski definition) is 4. The number of carbonyl (C=O) groups excluding carboxylic acids is 1. The molecule has 0 aliphatic carbocycles. The SMILES string of the molecule is O=C(COc1cccc(F)c1)NCCN1CCCCS1(=O)=O. The summed E-state index contributed by atoms with van der Waals surface area (Å²) in [6.45, 7) is 0.743. The Kier molecular flexibility index (Phi) is 5.73. The number of benzene rings is 1. The number of nitrogens with one attached hydrogen (secondary N) is 1. The van der Waals surface area contributed by atoms with E-state index >= 15 is 0 Å². The van der Waals surface area contributed by atoms with Gasteiger partial charge in [-0.2, -0.15) is 0 Å². The minimum absolute atomic E-state index is 0.170. The van der Waals surface area contributed by atoms with Gasteiger partial charge in [-0.1, -0.05) is 6.07 Å². The van der Waals surface area contributed by atoms with Crippen LogP contribution in [0.1, 0.15) is 12.8 Å². The van der Waals surface area contributed by atoms with Gasteiger partial charge in [-0.15, -0.1) is 0 Å². The van der Waals surface area contributed by atoms with Crippen LogP contribution in [0.2, 0.25) is 0 Å². The van der Waals surface area contributed by atoms with Crippen LogP contribution in [0.4, 0.5) is 4.39 Å². The van der Waals surface area contributed by atoms with Gasteiger partial charge in [-0.25, -0.2) is 17.1 Å². The second-order valence-corrected chi connectivity index (χ2v) is 7.11. The maximum atomic E-state index is 12.9. The van der Waals surface area contributed by atoms with Crippen LogP contribution >= 0.6 is 0 Å². The molecule has 1 aromatic carbocycles. The van der Waals surface area contributed by atoms with Crippen molar-refractivity contribution in [1.29, 1.82) is 0 Å². The van der Waals surface area contributed by atoms with Gasteiger partial charge in [0.15, 0.2) is 6.61 Å². The largest absolute Gasteiger partial charge is 0.484 e. The van der Waals surface area contributed by atoms with E-state index < -0.39 is 15.8 Å². The van der Waals surface area contributed by atoms with Crippen molar-refractivity contribution in [3.63, 3.8) is 0 Å². The molecule has 1 N–H and O–H groups in total. The first kappa shape index (κ1) is 16.7. The number of halogens is 1. The highest BCUT2D eigenvalue weighted by Gasteiger charge is 2.25. The highest BCUT2D eigenvalue weighted by molar-refractivity contribution is 7.89. The van der Waals surface area contributed by atoms with Crippen LogP contribution in [0.5, 0.6) is 5.75 Å². The normalized spacial score (nSPS) is 17.9. The second-order valence-electron chi connectivity index (χ2n) is 5.02. The van der Waals surface area contributed by atoms with Crippen molar-refractivity contribution in [3.05, 3.63) is 30.1 Å². The van der Waals surface area contributed by atoms with Crippen LogP contribution in [-0.4, -0.2) is 50.6 Å². The molecule has 22 heavy (non-hydrogen) atoms. The van der Waals surface area contributed by atoms with Crippen molar-refractivity contribution in [3.8, 4) is 5.75 Å². The molecule has 1 saturated heterocycles. The molecule has 0 atom stereocenters. The average molecular weight is 330 g/mol. The minimum atomic E-state index is -3.17. The number of amides is 1. The van der Waals surface area contributed by atoms with Gasteiger partial charge in [-0.05, 0) is 25.0 Å². The van der Waals surface area contributed by atoms with E-state index in [-0.39, 0.29) is 37.1 Å². The molecule has 1 aliphatic heterocycles. The first-order valence-electron chi connectivity index (χ1n) is 7.10. The number of ether oxygens (including phenoxy) is 1. The molecule has 1 aromatic rings. The van der Waals surface area contributed by atoms with E-state index in [0.717, 1.165) is 6.42 Å². The lowest BCUT2D eigenvalue weighted by Crippen LogP contribution is -2.43. The third kappa shape index (κ3) is 4.96. The molecule has 0 radical (unpaired) electrons. The quantitative estimate of drug-likeness (QED) is 0.835. The standard InChI is InChI=1S/C14H19FN2O4S/c15-12-4-3-5-13(10-12)21-11-14(18)16-6-8-17-7-1-2-9-22(17,19)20/h3-5,10H,1-2,6-9,11H2,(H,16,18). The van der Waals surface area contributed by atoms with Crippen molar-refractivity contribution >= 4 is 15.9 Å². The second kappa shape index (κ2) is 7.55. The third-order valence-corrected chi connectivity index (χ3v) is 5.26. The molecule has 0 unspecified atom stereocenters. The molecule has 2 rings (SSSR count). The molecular formula is C14H19FN2O4S. The fourth-order valence-corrected chi connectivity index (χ4v) is 3.77. The van der Waals surface area contributed by atoms with Gasteiger partial charge in [0.2, 0.25) is 10.0 Å². The van der Waals surface area contributed by atoms with Crippen molar-refractivity contribution in [2.75, 3.05) is 32.0 Å². The summed E-state index contributed by atoms with van der Waals surface area (Å²) in [4.78, 5) is 11.6. The van der Waals surface area contributed by atoms with Crippen LogP contribution in [0.3, 0.4) is 0 Å². The summed E-state index contributed by atoms with van der Waals surface area (Å²) in [5.74, 6) is -0.371. The van der Waals surface area contributed by atoms with E-state index in [2.05, 4.69) is 5.32 Å². The summed E-state index contributed by atoms with van der Waals surface area (Å²) < 4.78 is 43.0. The number of rotatable bonds is 6. The van der Waals surface area contributed by atoms with Crippen LogP contribution in [0, 0.1) is 5.82 Å². The number of hydrogen-bond donors (Lipinski definition) is 1. The maximum absolute atomic E-state index is 12.9. The van der Waals surface area contributed by atoms with Gasteiger partial charge < -0.3 is 10.1 Å². The highest BCUT2D eigenvalue weighted by Crippen LogP contribution is 2.13. The van der Waals surface area contributed by atoms with Gasteiger partial charge in [0, 0.05) is 25.7 Å². The average Bonchev–Trinajstić information content (AvgIpc) is 2.47. The van der Waals surface area contributed by atoms with Gasteiger partial charge in [0.1, 0.15) is 11.6 Å². The summed E-state index contributed by atoms with van der Waals surface area (Å²) in [7, 11) is -3.17. The van der Waals surface area contributed by atoms with Gasteiger partial charge in [0.05, 0.1) is 5.75 Å². The molecule has 0 bridgehead atoms. The molecule has 1 heterocycles. The lowest BCUT2D eigenvalue weighted by molar-refractivity contribution is -0.123. The van der Waals surface area contributed by atoms with E-state index in [1.165, 1.54) is 22.5 Å². The summed E-state index contributed by atoms with van der Waals surface area (Å²) in [6.07, 6.45) is 1.53. The number of sulfonamides is 1. The molecule has 0 spiro atoms. The molecule has 1 fully saturated rings. The highest BCUT2D eigenvalue weighted by atomic mass is 32.2. The summed E-state index contributed by atoms with van der Waals surface area (Å²) in [6, 6.07) is 5.51. The summed E-state index contributed by atoms with van der Waals surface area (Å²) in [5.41, 5.74) is 0. The Labute approximate surface area is 129 Å². The molecule has 122 valence electrons. The van der Waals surface area contributed by atoms with Crippen molar-refractivity contribution in [1.82, 2.24) is 9.62 Å². The zero-order chi connectivity index (χ0) is 16.0. The van der Waals surface area contributed by atoms with E-state index in [4.69, 9.17) is 4.74 Å². The Morgan fingerprint density at radius 3 is 2.91 bits per heavy atom. The topological polar surface area (TPSA) is 75.7 Å². The van der Waals surface area contributed by atoms with E-state index in [0.29, 0.717) is 13.0 Å². The van der Waals surface area contributed by atoms with Crippen LogP contribution in [-0.2, 0) is 14.8 Å². The van der Waals surface area contributed by atoms with Crippen molar-refractivity contribution in [2.24, 2.45) is 0 Å². The third-order valence-electron chi connectivity index (χ3n) is 3.30. The van der Waals surface area contributed by atoms with E-state index in [1.54, 1.807) is 6.07 Å². The molecular weight excluding hydrogens is 311 g/mol. The Morgan fingerprint density at radius 2 is 2.18 bits per heavy atom. The fraction of sp³-hybridized carbons (Fsp3) is 0.500. The van der Waals surface area contributed by atoms with Crippen LogP contribution in [0.15, 0.2) is 24.3 Å². The smallest absolute Gasteiger partial charge is 0.257 e. The minimum Gasteiger partial charge on any atom is -0.484 e. The Bertz CT molecular complexity index is 621. The molecule has 6 nitrogen and oxygen atoms in total. The van der Waals surface area contributed by atoms with Crippen molar-refractivity contribution < 1.29 is 22.3 Å². The van der Waals surface area contributed by atoms with Gasteiger partial charge >= 0.3 is 0 Å². The van der Waals surface area contributed by atoms with Gasteiger partial charge in [0.25, 0.3) is 5.91 Å². The Morgan fingerprint density at radius 1 is 1.36 bits per heavy atom. The van der Waals surface area contributed by atoms with Crippen LogP contribution in [0.25, 0.3) is 0 Å². The van der Waals surface area contributed by atoms with Crippen molar-refractivity contribution in [2.45, 2.75) is 12.8 Å². The van der Waals surface area contributed by atoms with E-state index in [9.17, 15) is 17.6 Å². The first-order chi connectivity index (χ1) is 10.5. The predicted octanol–water partition coefficient (Wildman–Crippen LogP) is 0.746. The number of nitrogens with zero attached hydrogens (tertiary/aromatic N) is 1. The molecule has 1 amide bonds. The summed E-state index contributed by atoms with van der Waals surface area (Å²) in [5, 5.41) is 2.59. The monoisotopic (exact) mass is 330 g/mol. The molecule has 1 aliphatic rings.